The molecule has 1 amide bonds. The number of benzene rings is 2. The van der Waals surface area contributed by atoms with Gasteiger partial charge in [0.25, 0.3) is 0 Å². The van der Waals surface area contributed by atoms with Gasteiger partial charge in [-0.1, -0.05) is 60.7 Å². The van der Waals surface area contributed by atoms with E-state index in [2.05, 4.69) is 39.5 Å². The molecule has 1 aromatic heterocycles. The number of ether oxygens (including phenoxy) is 1. The van der Waals surface area contributed by atoms with E-state index in [4.69, 9.17) is 9.15 Å². The molecule has 4 rings (SSSR count). The van der Waals surface area contributed by atoms with Crippen LogP contribution >= 0.6 is 0 Å². The van der Waals surface area contributed by atoms with Gasteiger partial charge in [0.1, 0.15) is 0 Å². The van der Waals surface area contributed by atoms with Crippen LogP contribution in [0.3, 0.4) is 0 Å². The molecule has 0 radical (unpaired) electrons. The summed E-state index contributed by atoms with van der Waals surface area (Å²) in [7, 11) is 0. The van der Waals surface area contributed by atoms with Gasteiger partial charge in [0.05, 0.1) is 18.9 Å². The summed E-state index contributed by atoms with van der Waals surface area (Å²) in [5, 5.41) is 2.99. The van der Waals surface area contributed by atoms with E-state index in [0.29, 0.717) is 31.9 Å². The van der Waals surface area contributed by atoms with Gasteiger partial charge in [-0.2, -0.15) is 0 Å². The number of morpholine rings is 1. The van der Waals surface area contributed by atoms with Gasteiger partial charge in [-0.3, -0.25) is 9.69 Å². The van der Waals surface area contributed by atoms with E-state index in [0.717, 1.165) is 31.0 Å². The summed E-state index contributed by atoms with van der Waals surface area (Å²) in [6.45, 7) is 3.84. The monoisotopic (exact) mass is 405 g/mol. The normalized spacial score (nSPS) is 17.0. The maximum absolute atomic E-state index is 12.3. The van der Waals surface area contributed by atoms with Gasteiger partial charge < -0.3 is 14.5 Å². The van der Waals surface area contributed by atoms with E-state index in [9.17, 15) is 4.79 Å². The second-order valence-electron chi connectivity index (χ2n) is 7.50. The Morgan fingerprint density at radius 2 is 1.87 bits per heavy atom. The summed E-state index contributed by atoms with van der Waals surface area (Å²) in [6.07, 6.45) is 2.54. The molecule has 0 aliphatic carbocycles. The lowest BCUT2D eigenvalue weighted by atomic mass is 10.2. The number of hydrogen-bond acceptors (Lipinski definition) is 5. The van der Waals surface area contributed by atoms with Crippen LogP contribution in [0.15, 0.2) is 71.3 Å². The second kappa shape index (κ2) is 10.2. The van der Waals surface area contributed by atoms with Gasteiger partial charge >= 0.3 is 0 Å². The molecule has 1 atom stereocenters. The molecule has 6 heteroatoms. The number of nitrogens with zero attached hydrogens (tertiary/aromatic N) is 2. The van der Waals surface area contributed by atoms with Crippen molar-refractivity contribution < 1.29 is 13.9 Å². The fraction of sp³-hybridized carbons (Fsp3) is 0.333. The molecular formula is C24H27N3O3. The number of carbonyl (C=O) groups excluding carboxylic acids is 1. The predicted molar refractivity (Wildman–Crippen MR) is 115 cm³/mol. The van der Waals surface area contributed by atoms with Crippen LogP contribution < -0.4 is 5.32 Å². The van der Waals surface area contributed by atoms with E-state index in [-0.39, 0.29) is 12.0 Å². The highest BCUT2D eigenvalue weighted by atomic mass is 16.5. The van der Waals surface area contributed by atoms with Crippen molar-refractivity contribution in [1.29, 1.82) is 0 Å². The average Bonchev–Trinajstić information content (AvgIpc) is 3.27. The maximum Gasteiger partial charge on any atom is 0.220 e. The molecule has 3 aromatic rings. The highest BCUT2D eigenvalue weighted by Crippen LogP contribution is 2.20. The first-order chi connectivity index (χ1) is 14.8. The molecule has 156 valence electrons. The van der Waals surface area contributed by atoms with Crippen LogP contribution in [0.4, 0.5) is 0 Å². The van der Waals surface area contributed by atoms with Gasteiger partial charge in [0.15, 0.2) is 11.7 Å². The number of carbonyl (C=O) groups is 1. The van der Waals surface area contributed by atoms with Crippen molar-refractivity contribution in [2.75, 3.05) is 26.2 Å². The number of hydrogen-bond donors (Lipinski definition) is 1. The van der Waals surface area contributed by atoms with Gasteiger partial charge in [-0.25, -0.2) is 4.98 Å². The Balaban J connectivity index is 1.19. The van der Waals surface area contributed by atoms with Crippen LogP contribution in [-0.2, 0) is 22.5 Å². The largest absolute Gasteiger partial charge is 0.441 e. The highest BCUT2D eigenvalue weighted by Gasteiger charge is 2.21. The fourth-order valence-electron chi connectivity index (χ4n) is 3.59. The predicted octanol–water partition coefficient (Wildman–Crippen LogP) is 3.29. The van der Waals surface area contributed by atoms with E-state index in [1.165, 1.54) is 5.56 Å². The van der Waals surface area contributed by atoms with Crippen molar-refractivity contribution in [1.82, 2.24) is 15.2 Å². The summed E-state index contributed by atoms with van der Waals surface area (Å²) in [4.78, 5) is 18.9. The van der Waals surface area contributed by atoms with Crippen LogP contribution in [-0.4, -0.2) is 48.1 Å². The molecule has 30 heavy (non-hydrogen) atoms. The molecule has 6 nitrogen and oxygen atoms in total. The summed E-state index contributed by atoms with van der Waals surface area (Å²) in [5.41, 5.74) is 2.28. The van der Waals surface area contributed by atoms with E-state index in [1.54, 1.807) is 6.20 Å². The van der Waals surface area contributed by atoms with Crippen molar-refractivity contribution in [3.05, 3.63) is 78.3 Å². The minimum atomic E-state index is -0.0155. The Hall–Kier alpha value is -2.96. The van der Waals surface area contributed by atoms with Crippen molar-refractivity contribution in [2.45, 2.75) is 25.5 Å². The standard InChI is InChI=1S/C24H27N3O3/c28-23(11-12-24-26-16-22(30-24)20-9-5-2-6-10-20)25-15-21-18-27(13-14-29-21)17-19-7-3-1-4-8-19/h1-10,16,21H,11-15,17-18H2,(H,25,28)/t21-/m0/s1. The highest BCUT2D eigenvalue weighted by molar-refractivity contribution is 5.76. The molecule has 0 spiro atoms. The minimum absolute atomic E-state index is 0.0119. The van der Waals surface area contributed by atoms with Crippen LogP contribution in [0, 0.1) is 0 Å². The van der Waals surface area contributed by atoms with Gasteiger partial charge in [-0.15, -0.1) is 0 Å². The van der Waals surface area contributed by atoms with Crippen LogP contribution in [0.5, 0.6) is 0 Å². The third kappa shape index (κ3) is 5.78. The molecule has 1 aliphatic rings. The fourth-order valence-corrected chi connectivity index (χ4v) is 3.59. The first kappa shape index (κ1) is 20.3. The molecule has 2 aromatic carbocycles. The molecule has 0 unspecified atom stereocenters. The van der Waals surface area contributed by atoms with E-state index < -0.39 is 0 Å². The Labute approximate surface area is 176 Å². The lowest BCUT2D eigenvalue weighted by Gasteiger charge is -2.33. The van der Waals surface area contributed by atoms with Crippen LogP contribution in [0.25, 0.3) is 11.3 Å². The quantitative estimate of drug-likeness (QED) is 0.623. The van der Waals surface area contributed by atoms with Gasteiger partial charge in [0.2, 0.25) is 5.91 Å². The number of amides is 1. The molecule has 1 aliphatic heterocycles. The number of oxazole rings is 1. The van der Waals surface area contributed by atoms with Crippen molar-refractivity contribution in [3.8, 4) is 11.3 Å². The van der Waals surface area contributed by atoms with Crippen molar-refractivity contribution in [3.63, 3.8) is 0 Å². The van der Waals surface area contributed by atoms with Crippen molar-refractivity contribution >= 4 is 5.91 Å². The Bertz CT molecular complexity index is 927. The topological polar surface area (TPSA) is 67.6 Å². The summed E-state index contributed by atoms with van der Waals surface area (Å²) >= 11 is 0. The lowest BCUT2D eigenvalue weighted by Crippen LogP contribution is -2.47. The number of rotatable bonds is 8. The lowest BCUT2D eigenvalue weighted by molar-refractivity contribution is -0.122. The maximum atomic E-state index is 12.3. The molecule has 1 fully saturated rings. The Morgan fingerprint density at radius 1 is 1.10 bits per heavy atom. The summed E-state index contributed by atoms with van der Waals surface area (Å²) in [6, 6.07) is 20.2. The third-order valence-corrected chi connectivity index (χ3v) is 5.18. The molecular weight excluding hydrogens is 378 g/mol. The zero-order valence-electron chi connectivity index (χ0n) is 17.0. The average molecular weight is 405 g/mol. The molecule has 0 saturated carbocycles. The number of nitrogens with one attached hydrogen (secondary N) is 1. The minimum Gasteiger partial charge on any atom is -0.441 e. The van der Waals surface area contributed by atoms with Crippen molar-refractivity contribution in [2.24, 2.45) is 0 Å². The van der Waals surface area contributed by atoms with Gasteiger partial charge in [0, 0.05) is 44.6 Å². The number of aromatic nitrogens is 1. The first-order valence-corrected chi connectivity index (χ1v) is 10.4. The third-order valence-electron chi connectivity index (χ3n) is 5.18. The Kier molecular flexibility index (Phi) is 6.90. The molecule has 2 heterocycles. The summed E-state index contributed by atoms with van der Waals surface area (Å²) in [5.74, 6) is 1.28. The SMILES string of the molecule is O=C(CCc1ncc(-c2ccccc2)o1)NC[C@H]1CN(Cc2ccccc2)CCO1. The van der Waals surface area contributed by atoms with Gasteiger partial charge in [-0.05, 0) is 5.56 Å². The zero-order valence-corrected chi connectivity index (χ0v) is 17.0. The first-order valence-electron chi connectivity index (χ1n) is 10.4. The molecule has 1 saturated heterocycles. The van der Waals surface area contributed by atoms with Crippen LogP contribution in [0.1, 0.15) is 17.9 Å². The number of aryl methyl sites for hydroxylation is 1. The smallest absolute Gasteiger partial charge is 0.220 e. The zero-order chi connectivity index (χ0) is 20.6. The summed E-state index contributed by atoms with van der Waals surface area (Å²) < 4.78 is 11.6. The van der Waals surface area contributed by atoms with Crippen LogP contribution in [0.2, 0.25) is 0 Å². The Morgan fingerprint density at radius 3 is 2.67 bits per heavy atom. The van der Waals surface area contributed by atoms with E-state index in [1.807, 2.05) is 36.4 Å². The molecule has 1 N–H and O–H groups in total. The second-order valence-corrected chi connectivity index (χ2v) is 7.50. The molecule has 0 bridgehead atoms. The van der Waals surface area contributed by atoms with E-state index >= 15 is 0 Å².